The number of nitrogens with one attached hydrogen (secondary N) is 1. The standard InChI is InChI=1S/C32H51N3O4/c1-32(2)24-19-26(27(36)23(22-14-7-4-8-15-22)17-16-20-10-5-3-6-11-20)35(29(24)32)31(39)34-25(28(37)30(33)38)18-21-12-9-13-21/h20-26,29H,3-19H2,1-2H3,(H2,33,38)(H,34,39)/t23-,24?,25?,26?,29-/m0/s1. The van der Waals surface area contributed by atoms with E-state index in [1.807, 2.05) is 0 Å². The summed E-state index contributed by atoms with van der Waals surface area (Å²) in [4.78, 5) is 54.6. The fraction of sp³-hybridized carbons (Fsp3) is 0.875. The molecule has 1 saturated heterocycles. The van der Waals surface area contributed by atoms with Crippen molar-refractivity contribution < 1.29 is 19.2 Å². The number of piperidine rings is 1. The van der Waals surface area contributed by atoms with E-state index in [1.54, 1.807) is 4.90 Å². The van der Waals surface area contributed by atoms with E-state index in [0.29, 0.717) is 30.6 Å². The second-order valence-electron chi connectivity index (χ2n) is 14.3. The van der Waals surface area contributed by atoms with E-state index >= 15 is 0 Å². The van der Waals surface area contributed by atoms with Crippen LogP contribution in [0.4, 0.5) is 4.79 Å². The molecule has 7 heteroatoms. The highest BCUT2D eigenvalue weighted by Crippen LogP contribution is 2.63. The Bertz CT molecular complexity index is 932. The van der Waals surface area contributed by atoms with Gasteiger partial charge in [-0.05, 0) is 67.6 Å². The second kappa shape index (κ2) is 11.9. The zero-order chi connectivity index (χ0) is 27.7. The highest BCUT2D eigenvalue weighted by molar-refractivity contribution is 6.37. The van der Waals surface area contributed by atoms with Gasteiger partial charge in [0.2, 0.25) is 5.78 Å². The van der Waals surface area contributed by atoms with Crippen molar-refractivity contribution in [3.8, 4) is 0 Å². The second-order valence-corrected chi connectivity index (χ2v) is 14.3. The molecule has 5 atom stereocenters. The van der Waals surface area contributed by atoms with Crippen molar-refractivity contribution >= 4 is 23.5 Å². The molecule has 3 unspecified atom stereocenters. The Labute approximate surface area is 234 Å². The van der Waals surface area contributed by atoms with Crippen LogP contribution in [0.3, 0.4) is 0 Å². The van der Waals surface area contributed by atoms with Gasteiger partial charge in [-0.15, -0.1) is 0 Å². The summed E-state index contributed by atoms with van der Waals surface area (Å²) in [5.74, 6) is 0.343. The molecule has 5 aliphatic rings. The molecule has 7 nitrogen and oxygen atoms in total. The molecule has 1 heterocycles. The summed E-state index contributed by atoms with van der Waals surface area (Å²) in [5, 5.41) is 2.91. The Balaban J connectivity index is 1.33. The number of fused-ring (bicyclic) bond motifs is 1. The van der Waals surface area contributed by atoms with Gasteiger partial charge in [0.15, 0.2) is 5.78 Å². The predicted octanol–water partition coefficient (Wildman–Crippen LogP) is 5.53. The van der Waals surface area contributed by atoms with Crippen molar-refractivity contribution in [2.75, 3.05) is 0 Å². The van der Waals surface area contributed by atoms with Crippen molar-refractivity contribution in [1.29, 1.82) is 0 Å². The van der Waals surface area contributed by atoms with Crippen LogP contribution in [-0.2, 0) is 14.4 Å². The average Bonchev–Trinajstić information content (AvgIpc) is 3.23. The molecule has 0 bridgehead atoms. The summed E-state index contributed by atoms with van der Waals surface area (Å²) < 4.78 is 0. The highest BCUT2D eigenvalue weighted by Gasteiger charge is 2.69. The number of carbonyl (C=O) groups is 4. The number of nitrogens with zero attached hydrogens (tertiary/aromatic N) is 1. The van der Waals surface area contributed by atoms with Gasteiger partial charge in [0, 0.05) is 12.0 Å². The summed E-state index contributed by atoms with van der Waals surface area (Å²) in [7, 11) is 0. The molecule has 5 rings (SSSR count). The minimum absolute atomic E-state index is 0.00448. The number of nitrogens with two attached hydrogens (primary N) is 1. The van der Waals surface area contributed by atoms with Gasteiger partial charge in [-0.2, -0.15) is 0 Å². The molecule has 0 aromatic carbocycles. The smallest absolute Gasteiger partial charge is 0.318 e. The van der Waals surface area contributed by atoms with Gasteiger partial charge < -0.3 is 16.0 Å². The lowest BCUT2D eigenvalue weighted by atomic mass is 9.72. The summed E-state index contributed by atoms with van der Waals surface area (Å²) in [5.41, 5.74) is 5.33. The van der Waals surface area contributed by atoms with Gasteiger partial charge in [0.05, 0.1) is 12.1 Å². The van der Waals surface area contributed by atoms with Crippen LogP contribution in [0.15, 0.2) is 0 Å². The van der Waals surface area contributed by atoms with Crippen LogP contribution in [0.5, 0.6) is 0 Å². The Morgan fingerprint density at radius 3 is 2.08 bits per heavy atom. The fourth-order valence-electron chi connectivity index (χ4n) is 8.74. The lowest BCUT2D eigenvalue weighted by Crippen LogP contribution is -2.56. The molecule has 5 fully saturated rings. The number of rotatable bonds is 11. The van der Waals surface area contributed by atoms with E-state index in [9.17, 15) is 19.2 Å². The minimum Gasteiger partial charge on any atom is -0.363 e. The first kappa shape index (κ1) is 28.6. The average molecular weight is 542 g/mol. The molecule has 39 heavy (non-hydrogen) atoms. The van der Waals surface area contributed by atoms with Gasteiger partial charge in [-0.1, -0.05) is 84.5 Å². The molecule has 3 amide bonds. The van der Waals surface area contributed by atoms with Gasteiger partial charge in [0.1, 0.15) is 0 Å². The topological polar surface area (TPSA) is 110 Å². The van der Waals surface area contributed by atoms with Gasteiger partial charge >= 0.3 is 6.03 Å². The monoisotopic (exact) mass is 541 g/mol. The van der Waals surface area contributed by atoms with Crippen molar-refractivity contribution in [2.24, 2.45) is 40.7 Å². The Morgan fingerprint density at radius 1 is 0.872 bits per heavy atom. The van der Waals surface area contributed by atoms with Crippen LogP contribution < -0.4 is 11.1 Å². The van der Waals surface area contributed by atoms with Crippen LogP contribution in [0.25, 0.3) is 0 Å². The number of primary amides is 1. The molecule has 218 valence electrons. The van der Waals surface area contributed by atoms with Crippen LogP contribution in [0, 0.1) is 35.0 Å². The van der Waals surface area contributed by atoms with E-state index < -0.39 is 23.8 Å². The third kappa shape index (κ3) is 6.07. The largest absolute Gasteiger partial charge is 0.363 e. The third-order valence-electron chi connectivity index (χ3n) is 11.5. The maximum atomic E-state index is 14.4. The van der Waals surface area contributed by atoms with E-state index in [4.69, 9.17) is 5.73 Å². The first-order valence-electron chi connectivity index (χ1n) is 16.1. The van der Waals surface area contributed by atoms with Gasteiger partial charge in [-0.3, -0.25) is 14.4 Å². The normalized spacial score (nSPS) is 30.6. The number of carbonyl (C=O) groups excluding carboxylic acids is 4. The predicted molar refractivity (Wildman–Crippen MR) is 151 cm³/mol. The number of amides is 3. The first-order valence-corrected chi connectivity index (χ1v) is 16.1. The molecule has 0 radical (unpaired) electrons. The van der Waals surface area contributed by atoms with Crippen molar-refractivity contribution in [1.82, 2.24) is 10.2 Å². The van der Waals surface area contributed by atoms with Gasteiger partial charge in [0.25, 0.3) is 5.91 Å². The molecular formula is C32H51N3O4. The molecule has 0 spiro atoms. The maximum Gasteiger partial charge on any atom is 0.318 e. The van der Waals surface area contributed by atoms with Gasteiger partial charge in [-0.25, -0.2) is 4.79 Å². The molecule has 0 aromatic heterocycles. The number of hydrogen-bond donors (Lipinski definition) is 2. The molecule has 1 aliphatic heterocycles. The number of hydrogen-bond acceptors (Lipinski definition) is 4. The Kier molecular flexibility index (Phi) is 8.73. The third-order valence-corrected chi connectivity index (χ3v) is 11.5. The molecular weight excluding hydrogens is 490 g/mol. The van der Waals surface area contributed by atoms with Crippen LogP contribution in [0.2, 0.25) is 0 Å². The van der Waals surface area contributed by atoms with Crippen molar-refractivity contribution in [3.05, 3.63) is 0 Å². The van der Waals surface area contributed by atoms with Crippen LogP contribution >= 0.6 is 0 Å². The molecule has 4 aliphatic carbocycles. The van der Waals surface area contributed by atoms with E-state index in [0.717, 1.165) is 50.9 Å². The lowest BCUT2D eigenvalue weighted by molar-refractivity contribution is -0.137. The van der Waals surface area contributed by atoms with Crippen LogP contribution in [0.1, 0.15) is 123 Å². The summed E-state index contributed by atoms with van der Waals surface area (Å²) in [6.07, 6.45) is 18.8. The van der Waals surface area contributed by atoms with Crippen molar-refractivity contribution in [2.45, 2.75) is 141 Å². The summed E-state index contributed by atoms with van der Waals surface area (Å²) >= 11 is 0. The van der Waals surface area contributed by atoms with Crippen molar-refractivity contribution in [3.63, 3.8) is 0 Å². The summed E-state index contributed by atoms with van der Waals surface area (Å²) in [6, 6.07) is -1.69. The molecule has 4 saturated carbocycles. The van der Waals surface area contributed by atoms with E-state index in [-0.39, 0.29) is 29.2 Å². The number of urea groups is 1. The lowest BCUT2D eigenvalue weighted by Gasteiger charge is -2.37. The quantitative estimate of drug-likeness (QED) is 0.335. The minimum atomic E-state index is -1.00. The first-order chi connectivity index (χ1) is 18.7. The Morgan fingerprint density at radius 2 is 1.49 bits per heavy atom. The summed E-state index contributed by atoms with van der Waals surface area (Å²) in [6.45, 7) is 4.34. The number of likely N-dealkylation sites (tertiary alicyclic amines) is 1. The molecule has 3 N–H and O–H groups in total. The number of Topliss-reactive ketones (excluding diaryl/α,β-unsaturated/α-hetero) is 2. The Hall–Kier alpha value is -1.92. The van der Waals surface area contributed by atoms with E-state index in [1.165, 1.54) is 51.4 Å². The fourth-order valence-corrected chi connectivity index (χ4v) is 8.74. The zero-order valence-electron chi connectivity index (χ0n) is 24.3. The highest BCUT2D eigenvalue weighted by atomic mass is 16.2. The molecule has 0 aromatic rings. The van der Waals surface area contributed by atoms with Crippen LogP contribution in [-0.4, -0.2) is 46.5 Å². The SMILES string of the molecule is CC1(C)C2CC(C(=O)[C@@H](CCC3CCCCC3)C3CCCCC3)N(C(=O)NC(CC3CCC3)C(=O)C(N)=O)[C@@H]21. The van der Waals surface area contributed by atoms with E-state index in [2.05, 4.69) is 19.2 Å². The zero-order valence-corrected chi connectivity index (χ0v) is 24.3. The number of ketones is 2. The maximum absolute atomic E-state index is 14.4.